The fourth-order valence-corrected chi connectivity index (χ4v) is 1.33. The lowest BCUT2D eigenvalue weighted by molar-refractivity contribution is -0.123. The molecule has 1 unspecified atom stereocenters. The van der Waals surface area contributed by atoms with Crippen LogP contribution in [0.4, 0.5) is 0 Å². The minimum absolute atomic E-state index is 0. The predicted octanol–water partition coefficient (Wildman–Crippen LogP) is 0.0473. The standard InChI is InChI=1S/C9H18N2O2.ClH/c1-9(2,13)6-11-8(12)7-4-3-5-10-7;/h7,10,13H,3-6H2,1-2H3,(H,11,12);1H. The Labute approximate surface area is 90.9 Å². The summed E-state index contributed by atoms with van der Waals surface area (Å²) >= 11 is 0. The van der Waals surface area contributed by atoms with E-state index in [2.05, 4.69) is 10.6 Å². The topological polar surface area (TPSA) is 61.4 Å². The van der Waals surface area contributed by atoms with E-state index in [4.69, 9.17) is 0 Å². The molecule has 1 heterocycles. The van der Waals surface area contributed by atoms with Crippen LogP contribution in [0.1, 0.15) is 26.7 Å². The molecule has 0 radical (unpaired) electrons. The zero-order valence-corrected chi connectivity index (χ0v) is 9.49. The van der Waals surface area contributed by atoms with Crippen molar-refractivity contribution in [1.82, 2.24) is 10.6 Å². The van der Waals surface area contributed by atoms with E-state index in [1.54, 1.807) is 13.8 Å². The SMILES string of the molecule is CC(C)(O)CNC(=O)C1CCCN1.Cl. The highest BCUT2D eigenvalue weighted by molar-refractivity contribution is 5.85. The van der Waals surface area contributed by atoms with Crippen LogP contribution in [0.2, 0.25) is 0 Å². The van der Waals surface area contributed by atoms with Gasteiger partial charge in [-0.25, -0.2) is 0 Å². The van der Waals surface area contributed by atoms with Crippen molar-refractivity contribution in [3.05, 3.63) is 0 Å². The fourth-order valence-electron chi connectivity index (χ4n) is 1.33. The van der Waals surface area contributed by atoms with Crippen LogP contribution >= 0.6 is 12.4 Å². The highest BCUT2D eigenvalue weighted by Crippen LogP contribution is 2.05. The van der Waals surface area contributed by atoms with Crippen molar-refractivity contribution in [2.75, 3.05) is 13.1 Å². The largest absolute Gasteiger partial charge is 0.389 e. The lowest BCUT2D eigenvalue weighted by Gasteiger charge is -2.19. The first-order valence-electron chi connectivity index (χ1n) is 4.72. The van der Waals surface area contributed by atoms with E-state index in [1.165, 1.54) is 0 Å². The second-order valence-electron chi connectivity index (χ2n) is 4.18. The Kier molecular flexibility index (Phi) is 5.41. The van der Waals surface area contributed by atoms with E-state index in [9.17, 15) is 9.90 Å². The number of amides is 1. The quantitative estimate of drug-likeness (QED) is 0.632. The summed E-state index contributed by atoms with van der Waals surface area (Å²) < 4.78 is 0. The van der Waals surface area contributed by atoms with E-state index in [0.717, 1.165) is 19.4 Å². The molecule has 1 aliphatic heterocycles. The van der Waals surface area contributed by atoms with Crippen LogP contribution in [0, 0.1) is 0 Å². The number of hydrogen-bond acceptors (Lipinski definition) is 3. The van der Waals surface area contributed by atoms with Gasteiger partial charge in [-0.1, -0.05) is 0 Å². The molecule has 84 valence electrons. The third-order valence-corrected chi connectivity index (χ3v) is 2.07. The van der Waals surface area contributed by atoms with Gasteiger partial charge in [-0.3, -0.25) is 4.79 Å². The first-order chi connectivity index (χ1) is 5.99. The van der Waals surface area contributed by atoms with E-state index in [1.807, 2.05) is 0 Å². The van der Waals surface area contributed by atoms with Gasteiger partial charge in [0.05, 0.1) is 11.6 Å². The number of nitrogens with one attached hydrogen (secondary N) is 2. The molecule has 0 saturated carbocycles. The van der Waals surface area contributed by atoms with Crippen LogP contribution < -0.4 is 10.6 Å². The normalized spacial score (nSPS) is 21.5. The smallest absolute Gasteiger partial charge is 0.237 e. The number of rotatable bonds is 3. The van der Waals surface area contributed by atoms with Gasteiger partial charge in [-0.05, 0) is 33.2 Å². The average Bonchev–Trinajstić information content (AvgIpc) is 2.50. The summed E-state index contributed by atoms with van der Waals surface area (Å²) in [7, 11) is 0. The molecule has 0 aromatic carbocycles. The first kappa shape index (κ1) is 13.7. The molecule has 14 heavy (non-hydrogen) atoms. The molecule has 5 heteroatoms. The Morgan fingerprint density at radius 1 is 1.64 bits per heavy atom. The molecule has 0 bridgehead atoms. The van der Waals surface area contributed by atoms with Crippen molar-refractivity contribution < 1.29 is 9.90 Å². The molecule has 1 fully saturated rings. The molecule has 1 rings (SSSR count). The van der Waals surface area contributed by atoms with E-state index < -0.39 is 5.60 Å². The number of carbonyl (C=O) groups is 1. The molecule has 1 saturated heterocycles. The maximum Gasteiger partial charge on any atom is 0.237 e. The fraction of sp³-hybridized carbons (Fsp3) is 0.889. The molecular weight excluding hydrogens is 204 g/mol. The van der Waals surface area contributed by atoms with Crippen molar-refractivity contribution in [3.63, 3.8) is 0 Å². The van der Waals surface area contributed by atoms with E-state index >= 15 is 0 Å². The van der Waals surface area contributed by atoms with Gasteiger partial charge in [-0.2, -0.15) is 0 Å². The Bertz CT molecular complexity index is 186. The van der Waals surface area contributed by atoms with Crippen LogP contribution in [0.5, 0.6) is 0 Å². The van der Waals surface area contributed by atoms with Gasteiger partial charge < -0.3 is 15.7 Å². The third kappa shape index (κ3) is 4.79. The Hall–Kier alpha value is -0.320. The van der Waals surface area contributed by atoms with Crippen molar-refractivity contribution >= 4 is 18.3 Å². The zero-order valence-electron chi connectivity index (χ0n) is 8.67. The average molecular weight is 223 g/mol. The molecule has 1 aliphatic rings. The molecule has 0 aliphatic carbocycles. The summed E-state index contributed by atoms with van der Waals surface area (Å²) in [5, 5.41) is 15.2. The molecule has 0 aromatic heterocycles. The maximum absolute atomic E-state index is 11.4. The summed E-state index contributed by atoms with van der Waals surface area (Å²) in [6, 6.07) is -0.0534. The number of aliphatic hydroxyl groups is 1. The molecule has 4 nitrogen and oxygen atoms in total. The highest BCUT2D eigenvalue weighted by atomic mass is 35.5. The monoisotopic (exact) mass is 222 g/mol. The molecule has 1 atom stereocenters. The van der Waals surface area contributed by atoms with Gasteiger partial charge in [-0.15, -0.1) is 12.4 Å². The molecule has 0 spiro atoms. The van der Waals surface area contributed by atoms with Gasteiger partial charge in [0.25, 0.3) is 0 Å². The number of hydrogen-bond donors (Lipinski definition) is 3. The van der Waals surface area contributed by atoms with Crippen LogP contribution in [-0.4, -0.2) is 35.7 Å². The Morgan fingerprint density at radius 3 is 2.71 bits per heavy atom. The summed E-state index contributed by atoms with van der Waals surface area (Å²) in [5.41, 5.74) is -0.825. The number of carbonyl (C=O) groups excluding carboxylic acids is 1. The van der Waals surface area contributed by atoms with Gasteiger partial charge in [0, 0.05) is 6.54 Å². The van der Waals surface area contributed by atoms with Crippen LogP contribution in [0.3, 0.4) is 0 Å². The Morgan fingerprint density at radius 2 is 2.29 bits per heavy atom. The molecule has 0 aromatic rings. The minimum Gasteiger partial charge on any atom is -0.389 e. The molecular formula is C9H19ClN2O2. The minimum atomic E-state index is -0.825. The van der Waals surface area contributed by atoms with Crippen LogP contribution in [0.25, 0.3) is 0 Å². The summed E-state index contributed by atoms with van der Waals surface area (Å²) in [4.78, 5) is 11.4. The summed E-state index contributed by atoms with van der Waals surface area (Å²) in [5.74, 6) is -0.000347. The van der Waals surface area contributed by atoms with Crippen molar-refractivity contribution in [1.29, 1.82) is 0 Å². The van der Waals surface area contributed by atoms with E-state index in [0.29, 0.717) is 6.54 Å². The first-order valence-corrected chi connectivity index (χ1v) is 4.72. The van der Waals surface area contributed by atoms with Crippen molar-refractivity contribution in [2.24, 2.45) is 0 Å². The molecule has 1 amide bonds. The summed E-state index contributed by atoms with van der Waals surface area (Å²) in [6.07, 6.45) is 1.96. The predicted molar refractivity (Wildman–Crippen MR) is 57.6 cm³/mol. The zero-order chi connectivity index (χ0) is 9.90. The van der Waals surface area contributed by atoms with Gasteiger partial charge >= 0.3 is 0 Å². The molecule has 3 N–H and O–H groups in total. The maximum atomic E-state index is 11.4. The summed E-state index contributed by atoms with van der Waals surface area (Å²) in [6.45, 7) is 4.58. The second-order valence-corrected chi connectivity index (χ2v) is 4.18. The second kappa shape index (κ2) is 5.53. The van der Waals surface area contributed by atoms with Gasteiger partial charge in [0.2, 0.25) is 5.91 Å². The van der Waals surface area contributed by atoms with Crippen LogP contribution in [0.15, 0.2) is 0 Å². The van der Waals surface area contributed by atoms with Gasteiger partial charge in [0.1, 0.15) is 0 Å². The Balaban J connectivity index is 0.00000169. The third-order valence-electron chi connectivity index (χ3n) is 2.07. The van der Waals surface area contributed by atoms with Gasteiger partial charge in [0.15, 0.2) is 0 Å². The van der Waals surface area contributed by atoms with Crippen LogP contribution in [-0.2, 0) is 4.79 Å². The van der Waals surface area contributed by atoms with Crippen molar-refractivity contribution in [3.8, 4) is 0 Å². The highest BCUT2D eigenvalue weighted by Gasteiger charge is 2.23. The number of halogens is 1. The lowest BCUT2D eigenvalue weighted by Crippen LogP contribution is -2.45. The van der Waals surface area contributed by atoms with E-state index in [-0.39, 0.29) is 24.4 Å². The lowest BCUT2D eigenvalue weighted by atomic mass is 10.1. The van der Waals surface area contributed by atoms with Crippen molar-refractivity contribution in [2.45, 2.75) is 38.3 Å².